The molecule has 2 heterocycles. The first kappa shape index (κ1) is 19.8. The fraction of sp³-hybridized carbons (Fsp3) is 0.211. The van der Waals surface area contributed by atoms with E-state index in [0.717, 1.165) is 11.9 Å². The van der Waals surface area contributed by atoms with Gasteiger partial charge in [0.2, 0.25) is 0 Å². The average molecular weight is 403 g/mol. The van der Waals surface area contributed by atoms with Gasteiger partial charge in [-0.05, 0) is 41.8 Å². The van der Waals surface area contributed by atoms with E-state index in [9.17, 15) is 9.18 Å². The van der Waals surface area contributed by atoms with Crippen molar-refractivity contribution in [3.8, 4) is 11.1 Å². The summed E-state index contributed by atoms with van der Waals surface area (Å²) in [6.07, 6.45) is 1.77. The number of carbonyl (C=O) groups excluding carboxylic acids is 1. The van der Waals surface area contributed by atoms with Gasteiger partial charge in [0.25, 0.3) is 5.91 Å². The molecule has 1 aromatic carbocycles. The van der Waals surface area contributed by atoms with Crippen molar-refractivity contribution in [1.29, 1.82) is 0 Å². The number of halogens is 2. The quantitative estimate of drug-likeness (QED) is 0.389. The van der Waals surface area contributed by atoms with Crippen LogP contribution in [0.25, 0.3) is 11.1 Å². The molecule has 0 saturated heterocycles. The lowest BCUT2D eigenvalue weighted by Gasteiger charge is -2.30. The summed E-state index contributed by atoms with van der Waals surface area (Å²) in [6, 6.07) is 6.00. The molecule has 7 nitrogen and oxygen atoms in total. The molecule has 0 aliphatic carbocycles. The molecular formula is C19H20ClFN6O. The summed E-state index contributed by atoms with van der Waals surface area (Å²) < 4.78 is 14.5. The van der Waals surface area contributed by atoms with Gasteiger partial charge in [-0.2, -0.15) is 5.10 Å². The number of fused-ring (bicyclic) bond motifs is 1. The van der Waals surface area contributed by atoms with E-state index < -0.39 is 11.7 Å². The summed E-state index contributed by atoms with van der Waals surface area (Å²) in [5, 5.41) is 4.04. The highest BCUT2D eigenvalue weighted by atomic mass is 35.5. The van der Waals surface area contributed by atoms with Gasteiger partial charge in [-0.3, -0.25) is 15.1 Å². The number of hydrogen-bond donors (Lipinski definition) is 3. The molecule has 0 bridgehead atoms. The highest BCUT2D eigenvalue weighted by Gasteiger charge is 2.24. The number of carbonyl (C=O) groups is 1. The standard InChI is InChI=1S/C19H20ClFN6O/c1-11(26-24-10-22)8-27-5-4-14-15(13-3-2-12(20)6-16(13)21)7-17(19(23)28)25-18(14)9-27/h2-3,6-7,10,26H,1,4-5,8-9H2,(H2,22,24)(H2,23,28). The number of nitrogens with zero attached hydrogens (tertiary/aromatic N) is 3. The third kappa shape index (κ3) is 4.29. The summed E-state index contributed by atoms with van der Waals surface area (Å²) in [6.45, 7) is 5.58. The van der Waals surface area contributed by atoms with Crippen LogP contribution in [0.5, 0.6) is 0 Å². The molecule has 5 N–H and O–H groups in total. The summed E-state index contributed by atoms with van der Waals surface area (Å²) in [7, 11) is 0. The zero-order chi connectivity index (χ0) is 20.3. The molecule has 1 amide bonds. The minimum absolute atomic E-state index is 0.0923. The van der Waals surface area contributed by atoms with Gasteiger partial charge in [0.1, 0.15) is 17.8 Å². The van der Waals surface area contributed by atoms with Gasteiger partial charge < -0.3 is 11.5 Å². The molecule has 0 atom stereocenters. The molecule has 0 fully saturated rings. The summed E-state index contributed by atoms with van der Waals surface area (Å²) >= 11 is 5.87. The number of nitrogens with one attached hydrogen (secondary N) is 1. The maximum absolute atomic E-state index is 14.5. The van der Waals surface area contributed by atoms with Gasteiger partial charge in [-0.25, -0.2) is 9.37 Å². The smallest absolute Gasteiger partial charge is 0.267 e. The predicted molar refractivity (Wildman–Crippen MR) is 107 cm³/mol. The van der Waals surface area contributed by atoms with Crippen LogP contribution in [-0.4, -0.2) is 35.2 Å². The zero-order valence-corrected chi connectivity index (χ0v) is 15.8. The fourth-order valence-electron chi connectivity index (χ4n) is 3.24. The highest BCUT2D eigenvalue weighted by molar-refractivity contribution is 6.30. The summed E-state index contributed by atoms with van der Waals surface area (Å²) in [5.41, 5.74) is 16.7. The summed E-state index contributed by atoms with van der Waals surface area (Å²) in [4.78, 5) is 18.3. The van der Waals surface area contributed by atoms with Crippen molar-refractivity contribution >= 4 is 23.8 Å². The Hall–Kier alpha value is -2.97. The third-order valence-electron chi connectivity index (χ3n) is 4.45. The number of hydrazone groups is 1. The minimum atomic E-state index is -0.668. The van der Waals surface area contributed by atoms with Crippen molar-refractivity contribution in [2.75, 3.05) is 13.1 Å². The maximum atomic E-state index is 14.5. The Labute approximate surface area is 166 Å². The van der Waals surface area contributed by atoms with Gasteiger partial charge in [0.05, 0.1) is 5.69 Å². The Morgan fingerprint density at radius 3 is 2.89 bits per heavy atom. The second-order valence-corrected chi connectivity index (χ2v) is 6.86. The number of pyridine rings is 1. The molecule has 1 aromatic heterocycles. The second kappa shape index (κ2) is 8.37. The van der Waals surface area contributed by atoms with E-state index >= 15 is 0 Å². The predicted octanol–water partition coefficient (Wildman–Crippen LogP) is 2.00. The van der Waals surface area contributed by atoms with Crippen molar-refractivity contribution in [2.45, 2.75) is 13.0 Å². The van der Waals surface area contributed by atoms with Gasteiger partial charge in [-0.1, -0.05) is 18.2 Å². The van der Waals surface area contributed by atoms with Crippen molar-refractivity contribution in [3.63, 3.8) is 0 Å². The number of benzene rings is 1. The van der Waals surface area contributed by atoms with Crippen LogP contribution in [0.15, 0.2) is 41.6 Å². The van der Waals surface area contributed by atoms with Gasteiger partial charge in [0.15, 0.2) is 0 Å². The first-order chi connectivity index (χ1) is 13.4. The molecule has 146 valence electrons. The molecule has 9 heteroatoms. The molecule has 3 rings (SSSR count). The van der Waals surface area contributed by atoms with Crippen molar-refractivity contribution < 1.29 is 9.18 Å². The Balaban J connectivity index is 1.97. The van der Waals surface area contributed by atoms with E-state index in [1.807, 2.05) is 0 Å². The Bertz CT molecular complexity index is 962. The molecule has 2 aromatic rings. The van der Waals surface area contributed by atoms with E-state index in [4.69, 9.17) is 23.1 Å². The molecule has 0 spiro atoms. The number of amides is 1. The SMILES string of the molecule is C=C(CN1CCc2c(-c3ccc(Cl)cc3F)cc(C(N)=O)nc2C1)N/N=C\N. The maximum Gasteiger partial charge on any atom is 0.267 e. The van der Waals surface area contributed by atoms with E-state index in [-0.39, 0.29) is 5.69 Å². The Morgan fingerprint density at radius 1 is 1.43 bits per heavy atom. The largest absolute Gasteiger partial charge is 0.388 e. The summed E-state index contributed by atoms with van der Waals surface area (Å²) in [5.74, 6) is -1.13. The number of hydrogen-bond acceptors (Lipinski definition) is 5. The van der Waals surface area contributed by atoms with Crippen LogP contribution in [0.2, 0.25) is 5.02 Å². The van der Waals surface area contributed by atoms with Crippen LogP contribution in [0.3, 0.4) is 0 Å². The topological polar surface area (TPSA) is 110 Å². The van der Waals surface area contributed by atoms with Gasteiger partial charge in [-0.15, -0.1) is 0 Å². The fourth-order valence-corrected chi connectivity index (χ4v) is 3.40. The van der Waals surface area contributed by atoms with Crippen LogP contribution in [0.1, 0.15) is 21.7 Å². The molecule has 0 unspecified atom stereocenters. The molecule has 1 aliphatic heterocycles. The zero-order valence-electron chi connectivity index (χ0n) is 15.1. The molecule has 28 heavy (non-hydrogen) atoms. The van der Waals surface area contributed by atoms with Crippen molar-refractivity contribution in [1.82, 2.24) is 15.3 Å². The van der Waals surface area contributed by atoms with Crippen molar-refractivity contribution in [2.24, 2.45) is 16.6 Å². The monoisotopic (exact) mass is 402 g/mol. The van der Waals surface area contributed by atoms with Gasteiger partial charge in [0, 0.05) is 35.9 Å². The molecular weight excluding hydrogens is 383 g/mol. The Kier molecular flexibility index (Phi) is 5.91. The van der Waals surface area contributed by atoms with Crippen LogP contribution >= 0.6 is 11.6 Å². The molecule has 0 radical (unpaired) electrons. The van der Waals surface area contributed by atoms with E-state index in [0.29, 0.717) is 53.6 Å². The third-order valence-corrected chi connectivity index (χ3v) is 4.68. The number of rotatable bonds is 6. The second-order valence-electron chi connectivity index (χ2n) is 6.42. The number of nitrogens with two attached hydrogens (primary N) is 2. The lowest BCUT2D eigenvalue weighted by atomic mass is 9.93. The van der Waals surface area contributed by atoms with E-state index in [1.165, 1.54) is 6.07 Å². The average Bonchev–Trinajstić information content (AvgIpc) is 2.65. The number of aromatic nitrogens is 1. The first-order valence-electron chi connectivity index (χ1n) is 8.56. The van der Waals surface area contributed by atoms with Crippen LogP contribution in [0, 0.1) is 5.82 Å². The van der Waals surface area contributed by atoms with Crippen LogP contribution in [-0.2, 0) is 13.0 Å². The lowest BCUT2D eigenvalue weighted by molar-refractivity contribution is 0.0995. The highest BCUT2D eigenvalue weighted by Crippen LogP contribution is 2.33. The number of primary amides is 1. The molecule has 0 saturated carbocycles. The first-order valence-corrected chi connectivity index (χ1v) is 8.94. The van der Waals surface area contributed by atoms with Gasteiger partial charge >= 0.3 is 0 Å². The lowest BCUT2D eigenvalue weighted by Crippen LogP contribution is -2.35. The van der Waals surface area contributed by atoms with E-state index in [2.05, 4.69) is 27.0 Å². The molecule has 1 aliphatic rings. The van der Waals surface area contributed by atoms with Crippen LogP contribution < -0.4 is 16.9 Å². The normalized spacial score (nSPS) is 14.1. The minimum Gasteiger partial charge on any atom is -0.388 e. The van der Waals surface area contributed by atoms with Crippen molar-refractivity contribution in [3.05, 3.63) is 64.3 Å². The Morgan fingerprint density at radius 2 is 2.21 bits per heavy atom. The van der Waals surface area contributed by atoms with Crippen LogP contribution in [0.4, 0.5) is 4.39 Å². The van der Waals surface area contributed by atoms with E-state index in [1.54, 1.807) is 18.2 Å².